The number of likely N-dealkylation sites (tertiary alicyclic amines) is 1. The highest BCUT2D eigenvalue weighted by Crippen LogP contribution is 2.43. The van der Waals surface area contributed by atoms with Crippen LogP contribution in [0.1, 0.15) is 62.8 Å². The van der Waals surface area contributed by atoms with E-state index >= 15 is 0 Å². The molecule has 0 radical (unpaired) electrons. The maximum atomic E-state index is 13.4. The van der Waals surface area contributed by atoms with Crippen LogP contribution in [0.25, 0.3) is 5.76 Å². The summed E-state index contributed by atoms with van der Waals surface area (Å²) in [7, 11) is 1.59. The third-order valence-corrected chi connectivity index (χ3v) is 6.80. The second-order valence-electron chi connectivity index (χ2n) is 9.64. The maximum absolute atomic E-state index is 13.4. The van der Waals surface area contributed by atoms with E-state index < -0.39 is 17.7 Å². The van der Waals surface area contributed by atoms with Crippen molar-refractivity contribution in [2.24, 2.45) is 0 Å². The lowest BCUT2D eigenvalue weighted by molar-refractivity contribution is -0.140. The van der Waals surface area contributed by atoms with Crippen LogP contribution in [-0.4, -0.2) is 61.3 Å². The van der Waals surface area contributed by atoms with Gasteiger partial charge in [0.25, 0.3) is 11.7 Å². The van der Waals surface area contributed by atoms with E-state index in [-0.39, 0.29) is 17.4 Å². The summed E-state index contributed by atoms with van der Waals surface area (Å²) in [4.78, 5) is 28.1. The number of aliphatic hydroxyl groups is 1. The van der Waals surface area contributed by atoms with Crippen molar-refractivity contribution in [3.05, 3.63) is 58.7 Å². The molecule has 2 atom stereocenters. The molecule has 0 bridgehead atoms. The van der Waals surface area contributed by atoms with E-state index in [1.807, 2.05) is 26.0 Å². The summed E-state index contributed by atoms with van der Waals surface area (Å²) in [5.74, 6) is 0.348. The van der Waals surface area contributed by atoms with Crippen molar-refractivity contribution >= 4 is 17.4 Å². The zero-order chi connectivity index (χ0) is 27.2. The summed E-state index contributed by atoms with van der Waals surface area (Å²) in [6.07, 6.45) is 3.22. The molecule has 0 spiro atoms. The van der Waals surface area contributed by atoms with Crippen molar-refractivity contribution in [1.29, 1.82) is 0 Å². The number of aliphatic hydroxyl groups excluding tert-OH is 1. The number of amides is 1. The van der Waals surface area contributed by atoms with Gasteiger partial charge in [-0.15, -0.1) is 0 Å². The molecule has 8 nitrogen and oxygen atoms in total. The van der Waals surface area contributed by atoms with Gasteiger partial charge in [-0.3, -0.25) is 9.59 Å². The maximum Gasteiger partial charge on any atom is 0.295 e. The number of methoxy groups -OCH3 is 1. The third kappa shape index (κ3) is 5.65. The number of ether oxygens (including phenoxy) is 4. The molecule has 8 heteroatoms. The molecule has 0 saturated carbocycles. The summed E-state index contributed by atoms with van der Waals surface area (Å²) in [6.45, 7) is 7.69. The fraction of sp³-hybridized carbons (Fsp3) is 0.467. The molecule has 0 aromatic heterocycles. The van der Waals surface area contributed by atoms with Gasteiger partial charge in [0.2, 0.25) is 0 Å². The summed E-state index contributed by atoms with van der Waals surface area (Å²) in [5.41, 5.74) is 2.15. The molecule has 38 heavy (non-hydrogen) atoms. The number of unbranched alkanes of at least 4 members (excludes halogenated alkanes) is 1. The molecule has 1 saturated heterocycles. The van der Waals surface area contributed by atoms with Gasteiger partial charge in [-0.2, -0.15) is 0 Å². The van der Waals surface area contributed by atoms with E-state index in [0.717, 1.165) is 24.2 Å². The minimum atomic E-state index is -0.779. The quantitative estimate of drug-likeness (QED) is 0.180. The van der Waals surface area contributed by atoms with Gasteiger partial charge in [0.15, 0.2) is 11.5 Å². The standard InChI is InChI=1S/C30H37NO7/c1-5-7-15-37-24-12-9-20(18-25(24)36-6-2)27-26(29(33)30(34)31(27)13-8-14-35-4)28(32)21-10-11-23-22(17-21)16-19(3)38-23/h9-12,17-19,27,32H,5-8,13-16H2,1-4H3/b28-26+/t19-,27-/m1/s1. The van der Waals surface area contributed by atoms with Gasteiger partial charge in [0, 0.05) is 32.2 Å². The average molecular weight is 524 g/mol. The lowest BCUT2D eigenvalue weighted by atomic mass is 9.94. The zero-order valence-corrected chi connectivity index (χ0v) is 22.6. The van der Waals surface area contributed by atoms with Crippen LogP contribution in [0.3, 0.4) is 0 Å². The summed E-state index contributed by atoms with van der Waals surface area (Å²) >= 11 is 0. The number of Topliss-reactive ketones (excluding diaryl/α,β-unsaturated/α-hetero) is 1. The second-order valence-corrected chi connectivity index (χ2v) is 9.64. The fourth-order valence-corrected chi connectivity index (χ4v) is 4.97. The molecule has 2 aliphatic heterocycles. The highest BCUT2D eigenvalue weighted by atomic mass is 16.5. The molecule has 2 aromatic carbocycles. The van der Waals surface area contributed by atoms with E-state index in [1.54, 1.807) is 31.4 Å². The molecular formula is C30H37NO7. The van der Waals surface area contributed by atoms with Crippen molar-refractivity contribution < 1.29 is 33.6 Å². The van der Waals surface area contributed by atoms with Crippen LogP contribution in [0.2, 0.25) is 0 Å². The first-order valence-corrected chi connectivity index (χ1v) is 13.4. The van der Waals surface area contributed by atoms with Crippen molar-refractivity contribution in [2.45, 2.75) is 58.6 Å². The van der Waals surface area contributed by atoms with Crippen LogP contribution in [0, 0.1) is 0 Å². The normalized spacial score (nSPS) is 19.9. The van der Waals surface area contributed by atoms with E-state index in [4.69, 9.17) is 18.9 Å². The molecule has 2 aliphatic rings. The molecule has 1 amide bonds. The average Bonchev–Trinajstić information content (AvgIpc) is 3.40. The summed E-state index contributed by atoms with van der Waals surface area (Å²) in [6, 6.07) is 10.0. The fourth-order valence-electron chi connectivity index (χ4n) is 4.97. The number of benzene rings is 2. The minimum Gasteiger partial charge on any atom is -0.507 e. The molecular weight excluding hydrogens is 486 g/mol. The number of carbonyl (C=O) groups is 2. The monoisotopic (exact) mass is 523 g/mol. The Morgan fingerprint density at radius 1 is 1.05 bits per heavy atom. The minimum absolute atomic E-state index is 0.0452. The zero-order valence-electron chi connectivity index (χ0n) is 22.6. The van der Waals surface area contributed by atoms with Crippen molar-refractivity contribution in [2.75, 3.05) is 33.5 Å². The molecule has 1 N–H and O–H groups in total. The lowest BCUT2D eigenvalue weighted by Crippen LogP contribution is -2.31. The third-order valence-electron chi connectivity index (χ3n) is 6.80. The lowest BCUT2D eigenvalue weighted by Gasteiger charge is -2.26. The van der Waals surface area contributed by atoms with E-state index in [9.17, 15) is 14.7 Å². The Kier molecular flexibility index (Phi) is 8.94. The van der Waals surface area contributed by atoms with Gasteiger partial charge in [0.05, 0.1) is 24.8 Å². The predicted octanol–water partition coefficient (Wildman–Crippen LogP) is 5.05. The van der Waals surface area contributed by atoms with Crippen molar-refractivity contribution in [3.8, 4) is 17.2 Å². The van der Waals surface area contributed by atoms with Gasteiger partial charge >= 0.3 is 0 Å². The van der Waals surface area contributed by atoms with Crippen LogP contribution >= 0.6 is 0 Å². The molecule has 4 rings (SSSR count). The first-order chi connectivity index (χ1) is 18.4. The van der Waals surface area contributed by atoms with Gasteiger partial charge in [0.1, 0.15) is 17.6 Å². The van der Waals surface area contributed by atoms with Gasteiger partial charge in [-0.1, -0.05) is 19.4 Å². The molecule has 204 valence electrons. The topological polar surface area (TPSA) is 94.5 Å². The smallest absolute Gasteiger partial charge is 0.295 e. The number of hydrogen-bond donors (Lipinski definition) is 1. The number of nitrogens with zero attached hydrogens (tertiary/aromatic N) is 1. The van der Waals surface area contributed by atoms with Gasteiger partial charge < -0.3 is 29.0 Å². The number of fused-ring (bicyclic) bond motifs is 1. The Morgan fingerprint density at radius 2 is 1.87 bits per heavy atom. The summed E-state index contributed by atoms with van der Waals surface area (Å²) in [5, 5.41) is 11.5. The van der Waals surface area contributed by atoms with Crippen molar-refractivity contribution in [1.82, 2.24) is 4.90 Å². The second kappa shape index (κ2) is 12.3. The van der Waals surface area contributed by atoms with E-state index in [0.29, 0.717) is 61.8 Å². The Morgan fingerprint density at radius 3 is 2.61 bits per heavy atom. The molecule has 0 unspecified atom stereocenters. The van der Waals surface area contributed by atoms with Gasteiger partial charge in [-0.05, 0) is 68.1 Å². The molecule has 1 fully saturated rings. The van der Waals surface area contributed by atoms with Gasteiger partial charge in [-0.25, -0.2) is 0 Å². The number of ketones is 1. The van der Waals surface area contributed by atoms with Crippen LogP contribution < -0.4 is 14.2 Å². The number of carbonyl (C=O) groups excluding carboxylic acids is 2. The Bertz CT molecular complexity index is 1210. The Hall–Kier alpha value is -3.52. The number of rotatable bonds is 12. The largest absolute Gasteiger partial charge is 0.507 e. The molecule has 2 aromatic rings. The van der Waals surface area contributed by atoms with E-state index in [1.165, 1.54) is 4.90 Å². The SMILES string of the molecule is CCCCOc1ccc([C@@H]2/C(=C(\O)c3ccc4c(c3)C[C@@H](C)O4)C(=O)C(=O)N2CCCOC)cc1OCC. The number of hydrogen-bond acceptors (Lipinski definition) is 7. The van der Waals surface area contributed by atoms with Crippen molar-refractivity contribution in [3.63, 3.8) is 0 Å². The first kappa shape index (κ1) is 27.5. The highest BCUT2D eigenvalue weighted by Gasteiger charge is 2.46. The predicted molar refractivity (Wildman–Crippen MR) is 144 cm³/mol. The van der Waals surface area contributed by atoms with Crippen LogP contribution in [-0.2, 0) is 20.7 Å². The highest BCUT2D eigenvalue weighted by molar-refractivity contribution is 6.46. The Labute approximate surface area is 224 Å². The Balaban J connectivity index is 1.79. The van der Waals surface area contributed by atoms with Crippen LogP contribution in [0.4, 0.5) is 0 Å². The first-order valence-electron chi connectivity index (χ1n) is 13.4. The molecule has 0 aliphatic carbocycles. The van der Waals surface area contributed by atoms with E-state index in [2.05, 4.69) is 6.92 Å². The van der Waals surface area contributed by atoms with Crippen LogP contribution in [0.5, 0.6) is 17.2 Å². The van der Waals surface area contributed by atoms with Crippen LogP contribution in [0.15, 0.2) is 42.0 Å². The molecule has 2 heterocycles. The summed E-state index contributed by atoms with van der Waals surface area (Å²) < 4.78 is 22.8.